The number of benzene rings is 1. The zero-order valence-corrected chi connectivity index (χ0v) is 12.0. The van der Waals surface area contributed by atoms with E-state index in [2.05, 4.69) is 15.9 Å². The normalized spacial score (nSPS) is 22.4. The Bertz CT molecular complexity index is 608. The lowest BCUT2D eigenvalue weighted by Crippen LogP contribution is -2.57. The maximum absolute atomic E-state index is 13.9. The molecule has 1 aromatic rings. The molecule has 1 unspecified atom stereocenters. The fourth-order valence-corrected chi connectivity index (χ4v) is 3.06. The molecule has 0 spiro atoms. The molecule has 1 atom stereocenters. The van der Waals surface area contributed by atoms with E-state index in [1.807, 2.05) is 0 Å². The van der Waals surface area contributed by atoms with Crippen LogP contribution in [0.5, 0.6) is 0 Å². The molecule has 2 heterocycles. The van der Waals surface area contributed by atoms with Crippen LogP contribution in [0.1, 0.15) is 12.8 Å². The molecule has 0 radical (unpaired) electrons. The molecule has 1 aromatic carbocycles. The van der Waals surface area contributed by atoms with Gasteiger partial charge in [0.15, 0.2) is 0 Å². The monoisotopic (exact) mass is 344 g/mol. The van der Waals surface area contributed by atoms with E-state index >= 15 is 0 Å². The van der Waals surface area contributed by atoms with E-state index in [1.54, 1.807) is 0 Å². The van der Waals surface area contributed by atoms with Crippen LogP contribution in [0.3, 0.4) is 0 Å². The summed E-state index contributed by atoms with van der Waals surface area (Å²) in [4.78, 5) is 27.0. The molecule has 2 saturated heterocycles. The molecule has 0 saturated carbocycles. The summed E-state index contributed by atoms with van der Waals surface area (Å²) in [5.41, 5.74) is -0.0665. The van der Waals surface area contributed by atoms with Crippen molar-refractivity contribution in [1.82, 2.24) is 4.90 Å². The Hall–Kier alpha value is -1.50. The van der Waals surface area contributed by atoms with Gasteiger partial charge in [0.2, 0.25) is 11.8 Å². The first-order valence-electron chi connectivity index (χ1n) is 6.24. The minimum Gasteiger partial charge on any atom is -0.329 e. The summed E-state index contributed by atoms with van der Waals surface area (Å²) in [5.74, 6) is -2.10. The van der Waals surface area contributed by atoms with Crippen LogP contribution in [0.4, 0.5) is 14.5 Å². The smallest absolute Gasteiger partial charge is 0.250 e. The number of nitrogens with zero attached hydrogens (tertiary/aromatic N) is 2. The highest BCUT2D eigenvalue weighted by molar-refractivity contribution is 9.10. The number of fused-ring (bicyclic) bond motifs is 1. The Morgan fingerprint density at radius 2 is 1.95 bits per heavy atom. The van der Waals surface area contributed by atoms with Crippen molar-refractivity contribution in [2.75, 3.05) is 18.0 Å². The van der Waals surface area contributed by atoms with Gasteiger partial charge >= 0.3 is 0 Å². The van der Waals surface area contributed by atoms with Gasteiger partial charge in [-0.25, -0.2) is 8.78 Å². The molecule has 106 valence electrons. The van der Waals surface area contributed by atoms with Crippen molar-refractivity contribution in [3.05, 3.63) is 28.2 Å². The summed E-state index contributed by atoms with van der Waals surface area (Å²) >= 11 is 2.96. The number of anilines is 1. The first kappa shape index (κ1) is 13.5. The van der Waals surface area contributed by atoms with Crippen molar-refractivity contribution in [3.63, 3.8) is 0 Å². The lowest BCUT2D eigenvalue weighted by Gasteiger charge is -2.36. The summed E-state index contributed by atoms with van der Waals surface area (Å²) in [6, 6.07) is 1.39. The third-order valence-corrected chi connectivity index (χ3v) is 4.31. The molecule has 7 heteroatoms. The number of carbonyl (C=O) groups is 2. The molecule has 0 aromatic heterocycles. The van der Waals surface area contributed by atoms with E-state index in [0.29, 0.717) is 19.0 Å². The molecule has 0 aliphatic carbocycles. The highest BCUT2D eigenvalue weighted by Gasteiger charge is 2.43. The van der Waals surface area contributed by atoms with Crippen LogP contribution < -0.4 is 4.90 Å². The van der Waals surface area contributed by atoms with Crippen LogP contribution in [-0.4, -0.2) is 35.8 Å². The van der Waals surface area contributed by atoms with E-state index in [4.69, 9.17) is 0 Å². The molecule has 2 amide bonds. The van der Waals surface area contributed by atoms with Gasteiger partial charge in [-0.2, -0.15) is 0 Å². The zero-order valence-electron chi connectivity index (χ0n) is 10.4. The molecule has 2 fully saturated rings. The van der Waals surface area contributed by atoms with Gasteiger partial charge in [-0.05, 0) is 34.8 Å². The highest BCUT2D eigenvalue weighted by atomic mass is 79.9. The van der Waals surface area contributed by atoms with Crippen LogP contribution in [0.25, 0.3) is 0 Å². The van der Waals surface area contributed by atoms with Crippen LogP contribution in [0.2, 0.25) is 0 Å². The number of carbonyl (C=O) groups excluding carboxylic acids is 2. The molecule has 20 heavy (non-hydrogen) atoms. The second kappa shape index (κ2) is 4.80. The van der Waals surface area contributed by atoms with Gasteiger partial charge in [0.05, 0.1) is 10.2 Å². The van der Waals surface area contributed by atoms with Crippen LogP contribution >= 0.6 is 15.9 Å². The standard InChI is InChI=1S/C13H11BrF2N2O2/c14-7-4-11(9(16)5-8(7)15)18-6-12(19)17-3-1-2-10(17)13(18)20/h4-5,10H,1-3,6H2. The number of piperazine rings is 1. The van der Waals surface area contributed by atoms with Gasteiger partial charge < -0.3 is 4.90 Å². The van der Waals surface area contributed by atoms with Crippen molar-refractivity contribution in [2.45, 2.75) is 18.9 Å². The predicted molar refractivity (Wildman–Crippen MR) is 71.1 cm³/mol. The molecule has 2 aliphatic rings. The SMILES string of the molecule is O=C1C2CCCN2C(=O)CN1c1cc(Br)c(F)cc1F. The lowest BCUT2D eigenvalue weighted by molar-refractivity contribution is -0.140. The van der Waals surface area contributed by atoms with Gasteiger partial charge in [0, 0.05) is 12.6 Å². The van der Waals surface area contributed by atoms with Crippen LogP contribution in [0, 0.1) is 11.6 Å². The Morgan fingerprint density at radius 3 is 2.70 bits per heavy atom. The van der Waals surface area contributed by atoms with Crippen molar-refractivity contribution < 1.29 is 18.4 Å². The van der Waals surface area contributed by atoms with Crippen molar-refractivity contribution in [2.24, 2.45) is 0 Å². The summed E-state index contributed by atoms with van der Waals surface area (Å²) < 4.78 is 27.2. The topological polar surface area (TPSA) is 40.6 Å². The predicted octanol–water partition coefficient (Wildman–Crippen LogP) is 2.06. The second-order valence-electron chi connectivity index (χ2n) is 4.89. The number of hydrogen-bond donors (Lipinski definition) is 0. The Labute approximate surface area is 122 Å². The van der Waals surface area contributed by atoms with E-state index < -0.39 is 17.7 Å². The third kappa shape index (κ3) is 2.00. The fraction of sp³-hybridized carbons (Fsp3) is 0.385. The Balaban J connectivity index is 2.00. The number of amides is 2. The Morgan fingerprint density at radius 1 is 1.20 bits per heavy atom. The first-order chi connectivity index (χ1) is 9.49. The molecular weight excluding hydrogens is 334 g/mol. The highest BCUT2D eigenvalue weighted by Crippen LogP contribution is 2.31. The van der Waals surface area contributed by atoms with E-state index in [9.17, 15) is 18.4 Å². The van der Waals surface area contributed by atoms with Gasteiger partial charge in [-0.15, -0.1) is 0 Å². The van der Waals surface area contributed by atoms with E-state index in [1.165, 1.54) is 11.0 Å². The van der Waals surface area contributed by atoms with E-state index in [0.717, 1.165) is 11.3 Å². The first-order valence-corrected chi connectivity index (χ1v) is 7.03. The van der Waals surface area contributed by atoms with Crippen LogP contribution in [0.15, 0.2) is 16.6 Å². The average molecular weight is 345 g/mol. The summed E-state index contributed by atoms with van der Waals surface area (Å²) in [7, 11) is 0. The number of rotatable bonds is 1. The minimum atomic E-state index is -0.849. The Kier molecular flexibility index (Phi) is 3.24. The molecule has 2 aliphatic heterocycles. The van der Waals surface area contributed by atoms with Gasteiger partial charge in [0.25, 0.3) is 0 Å². The molecular formula is C13H11BrF2N2O2. The van der Waals surface area contributed by atoms with Gasteiger partial charge in [0.1, 0.15) is 24.2 Å². The zero-order chi connectivity index (χ0) is 14.4. The lowest BCUT2D eigenvalue weighted by atomic mass is 10.1. The molecule has 4 nitrogen and oxygen atoms in total. The van der Waals surface area contributed by atoms with Crippen molar-refractivity contribution in [1.29, 1.82) is 0 Å². The molecule has 3 rings (SSSR count). The van der Waals surface area contributed by atoms with Crippen molar-refractivity contribution >= 4 is 33.4 Å². The fourth-order valence-electron chi connectivity index (χ4n) is 2.73. The second-order valence-corrected chi connectivity index (χ2v) is 5.74. The minimum absolute atomic E-state index is 0.0583. The largest absolute Gasteiger partial charge is 0.329 e. The molecule has 0 bridgehead atoms. The van der Waals surface area contributed by atoms with Gasteiger partial charge in [-0.1, -0.05) is 0 Å². The van der Waals surface area contributed by atoms with E-state index in [-0.39, 0.29) is 28.5 Å². The quantitative estimate of drug-likeness (QED) is 0.731. The van der Waals surface area contributed by atoms with Crippen molar-refractivity contribution in [3.8, 4) is 0 Å². The van der Waals surface area contributed by atoms with Crippen LogP contribution in [-0.2, 0) is 9.59 Å². The maximum Gasteiger partial charge on any atom is 0.250 e. The maximum atomic E-state index is 13.9. The average Bonchev–Trinajstić information content (AvgIpc) is 2.88. The molecule has 0 N–H and O–H groups in total. The summed E-state index contributed by atoms with van der Waals surface area (Å²) in [6.45, 7) is 0.364. The summed E-state index contributed by atoms with van der Waals surface area (Å²) in [5, 5.41) is 0. The summed E-state index contributed by atoms with van der Waals surface area (Å²) in [6.07, 6.45) is 1.36. The number of halogens is 3. The van der Waals surface area contributed by atoms with Gasteiger partial charge in [-0.3, -0.25) is 14.5 Å². The third-order valence-electron chi connectivity index (χ3n) is 3.70. The number of hydrogen-bond acceptors (Lipinski definition) is 2.